The largest absolute Gasteiger partial charge is 0.381 e. The van der Waals surface area contributed by atoms with Crippen molar-refractivity contribution < 1.29 is 9.53 Å². The summed E-state index contributed by atoms with van der Waals surface area (Å²) in [5, 5.41) is 3.46. The fourth-order valence-corrected chi connectivity index (χ4v) is 2.14. The van der Waals surface area contributed by atoms with E-state index in [1.54, 1.807) is 6.20 Å². The molecule has 5 heteroatoms. The minimum atomic E-state index is -0.0447. The molecule has 0 bridgehead atoms. The highest BCUT2D eigenvalue weighted by Gasteiger charge is 2.18. The molecule has 0 unspecified atom stereocenters. The molecule has 0 aliphatic carbocycles. The van der Waals surface area contributed by atoms with E-state index in [2.05, 4.69) is 15.3 Å². The van der Waals surface area contributed by atoms with Gasteiger partial charge in [-0.2, -0.15) is 0 Å². The van der Waals surface area contributed by atoms with E-state index in [1.165, 1.54) is 6.33 Å². The molecule has 104 valence electrons. The number of aromatic nitrogens is 2. The number of Topliss-reactive ketones (excluding diaryl/α,β-unsaturated/α-hetero) is 1. The van der Waals surface area contributed by atoms with Gasteiger partial charge in [0, 0.05) is 43.5 Å². The molecule has 1 aliphatic rings. The predicted octanol–water partition coefficient (Wildman–Crippen LogP) is 1.58. The number of nitrogens with zero attached hydrogens (tertiary/aromatic N) is 2. The fourth-order valence-electron chi connectivity index (χ4n) is 2.14. The lowest BCUT2D eigenvalue weighted by Gasteiger charge is -2.23. The van der Waals surface area contributed by atoms with Crippen LogP contribution in [0.15, 0.2) is 12.5 Å². The zero-order valence-electron chi connectivity index (χ0n) is 11.6. The summed E-state index contributed by atoms with van der Waals surface area (Å²) in [5.74, 6) is 0.0305. The minimum absolute atomic E-state index is 0.0447. The van der Waals surface area contributed by atoms with Crippen molar-refractivity contribution in [2.75, 3.05) is 13.2 Å². The van der Waals surface area contributed by atoms with Gasteiger partial charge in [0.15, 0.2) is 5.78 Å². The highest BCUT2D eigenvalue weighted by atomic mass is 16.5. The molecule has 1 N–H and O–H groups in total. The van der Waals surface area contributed by atoms with Gasteiger partial charge in [-0.3, -0.25) is 4.79 Å². The highest BCUT2D eigenvalue weighted by Crippen LogP contribution is 2.12. The van der Waals surface area contributed by atoms with Crippen LogP contribution in [-0.2, 0) is 11.3 Å². The van der Waals surface area contributed by atoms with Gasteiger partial charge in [0.2, 0.25) is 0 Å². The Morgan fingerprint density at radius 1 is 1.47 bits per heavy atom. The molecule has 1 aromatic heterocycles. The van der Waals surface area contributed by atoms with E-state index in [0.29, 0.717) is 18.3 Å². The van der Waals surface area contributed by atoms with Gasteiger partial charge in [0.1, 0.15) is 12.0 Å². The molecule has 2 heterocycles. The van der Waals surface area contributed by atoms with Crippen molar-refractivity contribution in [1.82, 2.24) is 15.3 Å². The predicted molar refractivity (Wildman–Crippen MR) is 71.9 cm³/mol. The third kappa shape index (κ3) is 3.81. The van der Waals surface area contributed by atoms with E-state index in [9.17, 15) is 4.79 Å². The Hall–Kier alpha value is -1.33. The normalized spacial score (nSPS) is 16.8. The quantitative estimate of drug-likeness (QED) is 0.817. The van der Waals surface area contributed by atoms with Gasteiger partial charge in [-0.1, -0.05) is 13.8 Å². The van der Waals surface area contributed by atoms with E-state index in [0.717, 1.165) is 31.6 Å². The summed E-state index contributed by atoms with van der Waals surface area (Å²) >= 11 is 0. The van der Waals surface area contributed by atoms with Crippen LogP contribution in [0.2, 0.25) is 0 Å². The number of hydrogen-bond acceptors (Lipinski definition) is 5. The topological polar surface area (TPSA) is 64.1 Å². The van der Waals surface area contributed by atoms with Crippen molar-refractivity contribution in [2.24, 2.45) is 5.92 Å². The minimum Gasteiger partial charge on any atom is -0.381 e. The first kappa shape index (κ1) is 14.1. The maximum absolute atomic E-state index is 12.1. The van der Waals surface area contributed by atoms with Crippen LogP contribution in [0.4, 0.5) is 0 Å². The Morgan fingerprint density at radius 2 is 2.21 bits per heavy atom. The van der Waals surface area contributed by atoms with Crippen molar-refractivity contribution in [3.63, 3.8) is 0 Å². The van der Waals surface area contributed by atoms with Crippen molar-refractivity contribution in [3.05, 3.63) is 23.8 Å². The maximum atomic E-state index is 12.1. The van der Waals surface area contributed by atoms with Crippen molar-refractivity contribution >= 4 is 5.78 Å². The van der Waals surface area contributed by atoms with Crippen LogP contribution >= 0.6 is 0 Å². The lowest BCUT2D eigenvalue weighted by atomic mass is 10.0. The summed E-state index contributed by atoms with van der Waals surface area (Å²) < 4.78 is 5.33. The van der Waals surface area contributed by atoms with Crippen LogP contribution < -0.4 is 5.32 Å². The third-order valence-electron chi connectivity index (χ3n) is 3.35. The second kappa shape index (κ2) is 6.73. The monoisotopic (exact) mass is 263 g/mol. The molecular weight excluding hydrogens is 242 g/mol. The second-order valence-corrected chi connectivity index (χ2v) is 5.18. The molecule has 0 amide bonds. The average molecular weight is 263 g/mol. The number of nitrogens with one attached hydrogen (secondary N) is 1. The van der Waals surface area contributed by atoms with Crippen molar-refractivity contribution in [3.8, 4) is 0 Å². The third-order valence-corrected chi connectivity index (χ3v) is 3.35. The summed E-state index contributed by atoms with van der Waals surface area (Å²) in [7, 11) is 0. The SMILES string of the molecule is CC(C)C(=O)c1ncncc1CNC1CCOCC1. The van der Waals surface area contributed by atoms with E-state index in [4.69, 9.17) is 4.74 Å². The fraction of sp³-hybridized carbons (Fsp3) is 0.643. The Labute approximate surface area is 113 Å². The molecule has 1 fully saturated rings. The Morgan fingerprint density at radius 3 is 2.89 bits per heavy atom. The first-order valence-electron chi connectivity index (χ1n) is 6.82. The summed E-state index contributed by atoms with van der Waals surface area (Å²) in [6.07, 6.45) is 5.20. The van der Waals surface area contributed by atoms with Crippen LogP contribution in [0.1, 0.15) is 42.7 Å². The Kier molecular flexibility index (Phi) is 4.99. The number of hydrogen-bond donors (Lipinski definition) is 1. The molecule has 0 spiro atoms. The van der Waals surface area contributed by atoms with E-state index in [-0.39, 0.29) is 11.7 Å². The number of ether oxygens (including phenoxy) is 1. The number of carbonyl (C=O) groups excluding carboxylic acids is 1. The summed E-state index contributed by atoms with van der Waals surface area (Å²) in [6.45, 7) is 6.03. The molecule has 1 saturated heterocycles. The van der Waals surface area contributed by atoms with Crippen LogP contribution in [0, 0.1) is 5.92 Å². The molecule has 0 saturated carbocycles. The molecule has 1 aromatic rings. The van der Waals surface area contributed by atoms with Gasteiger partial charge in [-0.05, 0) is 12.8 Å². The smallest absolute Gasteiger partial charge is 0.184 e. The zero-order valence-corrected chi connectivity index (χ0v) is 11.6. The summed E-state index contributed by atoms with van der Waals surface area (Å²) in [4.78, 5) is 20.2. The number of carbonyl (C=O) groups is 1. The first-order chi connectivity index (χ1) is 9.18. The molecule has 0 radical (unpaired) electrons. The van der Waals surface area contributed by atoms with Gasteiger partial charge < -0.3 is 10.1 Å². The zero-order chi connectivity index (χ0) is 13.7. The molecule has 19 heavy (non-hydrogen) atoms. The van der Waals surface area contributed by atoms with E-state index < -0.39 is 0 Å². The lowest BCUT2D eigenvalue weighted by Crippen LogP contribution is -2.34. The lowest BCUT2D eigenvalue weighted by molar-refractivity contribution is 0.0774. The van der Waals surface area contributed by atoms with Gasteiger partial charge >= 0.3 is 0 Å². The molecule has 1 aliphatic heterocycles. The van der Waals surface area contributed by atoms with Gasteiger partial charge in [0.25, 0.3) is 0 Å². The Bertz CT molecular complexity index is 428. The van der Waals surface area contributed by atoms with E-state index in [1.807, 2.05) is 13.8 Å². The van der Waals surface area contributed by atoms with Crippen molar-refractivity contribution in [1.29, 1.82) is 0 Å². The Balaban J connectivity index is 2.01. The molecule has 5 nitrogen and oxygen atoms in total. The molecular formula is C14H21N3O2. The highest BCUT2D eigenvalue weighted by molar-refractivity contribution is 5.96. The molecule has 0 aromatic carbocycles. The number of rotatable bonds is 5. The van der Waals surface area contributed by atoms with E-state index >= 15 is 0 Å². The van der Waals surface area contributed by atoms with Crippen molar-refractivity contribution in [2.45, 2.75) is 39.3 Å². The van der Waals surface area contributed by atoms with Gasteiger partial charge in [0.05, 0.1) is 0 Å². The van der Waals surface area contributed by atoms with Crippen LogP contribution in [0.25, 0.3) is 0 Å². The molecule has 2 rings (SSSR count). The van der Waals surface area contributed by atoms with Gasteiger partial charge in [-0.15, -0.1) is 0 Å². The second-order valence-electron chi connectivity index (χ2n) is 5.18. The summed E-state index contributed by atoms with van der Waals surface area (Å²) in [5.41, 5.74) is 1.43. The van der Waals surface area contributed by atoms with Crippen LogP contribution in [0.3, 0.4) is 0 Å². The maximum Gasteiger partial charge on any atom is 0.184 e. The average Bonchev–Trinajstić information content (AvgIpc) is 2.45. The van der Waals surface area contributed by atoms with Crippen LogP contribution in [-0.4, -0.2) is 35.0 Å². The van der Waals surface area contributed by atoms with Crippen LogP contribution in [0.5, 0.6) is 0 Å². The molecule has 0 atom stereocenters. The first-order valence-corrected chi connectivity index (χ1v) is 6.82. The number of ketones is 1. The summed E-state index contributed by atoms with van der Waals surface area (Å²) in [6, 6.07) is 0.455. The van der Waals surface area contributed by atoms with Gasteiger partial charge in [-0.25, -0.2) is 9.97 Å². The standard InChI is InChI=1S/C14H21N3O2/c1-10(2)14(18)13-11(7-15-9-17-13)8-16-12-3-5-19-6-4-12/h7,9-10,12,16H,3-6,8H2,1-2H3.